The van der Waals surface area contributed by atoms with E-state index in [4.69, 9.17) is 0 Å². The largest absolute Gasteiger partial charge is 0.313 e. The van der Waals surface area contributed by atoms with Crippen LogP contribution in [-0.4, -0.2) is 16.8 Å². The number of rotatable bonds is 4. The first-order valence-electron chi connectivity index (χ1n) is 7.94. The molecule has 0 fully saturated rings. The molecule has 1 aromatic heterocycles. The van der Waals surface area contributed by atoms with Crippen molar-refractivity contribution >= 4 is 0 Å². The van der Waals surface area contributed by atoms with Crippen LogP contribution in [0.25, 0.3) is 0 Å². The Hall–Kier alpha value is -1.61. The molecule has 1 heterocycles. The van der Waals surface area contributed by atoms with E-state index in [9.17, 15) is 0 Å². The fraction of sp³-hybridized carbons (Fsp3) is 0.500. The lowest BCUT2D eigenvalue weighted by Gasteiger charge is -2.29. The Morgan fingerprint density at radius 3 is 2.90 bits per heavy atom. The number of aryl methyl sites for hydroxylation is 3. The third-order valence-electron chi connectivity index (χ3n) is 4.79. The van der Waals surface area contributed by atoms with E-state index in [1.807, 2.05) is 11.7 Å². The molecule has 1 aliphatic rings. The van der Waals surface area contributed by atoms with Crippen LogP contribution in [0.3, 0.4) is 0 Å². The van der Waals surface area contributed by atoms with Crippen molar-refractivity contribution in [3.63, 3.8) is 0 Å². The summed E-state index contributed by atoms with van der Waals surface area (Å²) in [6.07, 6.45) is 7.16. The second kappa shape index (κ2) is 6.02. The van der Waals surface area contributed by atoms with Crippen LogP contribution in [0.5, 0.6) is 0 Å². The van der Waals surface area contributed by atoms with Gasteiger partial charge in [-0.25, -0.2) is 0 Å². The van der Waals surface area contributed by atoms with Crippen molar-refractivity contribution in [2.75, 3.05) is 7.05 Å². The van der Waals surface area contributed by atoms with Crippen LogP contribution >= 0.6 is 0 Å². The minimum atomic E-state index is 0.384. The predicted octanol–water partition coefficient (Wildman–Crippen LogP) is 3.50. The molecule has 3 nitrogen and oxygen atoms in total. The van der Waals surface area contributed by atoms with Gasteiger partial charge in [0.25, 0.3) is 0 Å². The summed E-state index contributed by atoms with van der Waals surface area (Å²) < 4.78 is 1.92. The molecule has 3 heteroatoms. The van der Waals surface area contributed by atoms with E-state index in [0.717, 1.165) is 12.1 Å². The zero-order valence-corrected chi connectivity index (χ0v) is 13.3. The van der Waals surface area contributed by atoms with Gasteiger partial charge in [0.05, 0.1) is 5.69 Å². The van der Waals surface area contributed by atoms with E-state index < -0.39 is 0 Å². The van der Waals surface area contributed by atoms with E-state index in [1.165, 1.54) is 24.8 Å². The molecule has 2 unspecified atom stereocenters. The van der Waals surface area contributed by atoms with Crippen molar-refractivity contribution in [2.45, 2.75) is 44.6 Å². The first-order chi connectivity index (χ1) is 10.2. The number of hydrogen-bond donors (Lipinski definition) is 1. The zero-order valence-electron chi connectivity index (χ0n) is 13.3. The smallest absolute Gasteiger partial charge is 0.0641 e. The Labute approximate surface area is 127 Å². The predicted molar refractivity (Wildman–Crippen MR) is 86.5 cm³/mol. The minimum absolute atomic E-state index is 0.384. The Morgan fingerprint density at radius 1 is 1.38 bits per heavy atom. The third-order valence-corrected chi connectivity index (χ3v) is 4.79. The van der Waals surface area contributed by atoms with Crippen molar-refractivity contribution in [2.24, 2.45) is 7.05 Å². The van der Waals surface area contributed by atoms with Gasteiger partial charge in [0.15, 0.2) is 0 Å². The molecule has 0 saturated carbocycles. The van der Waals surface area contributed by atoms with Gasteiger partial charge in [-0.3, -0.25) is 4.68 Å². The number of aromatic nitrogens is 2. The van der Waals surface area contributed by atoms with Gasteiger partial charge in [0.1, 0.15) is 0 Å². The fourth-order valence-electron chi connectivity index (χ4n) is 3.74. The normalized spacial score (nSPS) is 19.3. The maximum atomic E-state index is 4.49. The number of hydrogen-bond acceptors (Lipinski definition) is 2. The van der Waals surface area contributed by atoms with Gasteiger partial charge in [-0.05, 0) is 56.7 Å². The van der Waals surface area contributed by atoms with Gasteiger partial charge in [0, 0.05) is 24.8 Å². The number of benzene rings is 1. The summed E-state index contributed by atoms with van der Waals surface area (Å²) in [7, 11) is 4.06. The fourth-order valence-corrected chi connectivity index (χ4v) is 3.74. The molecule has 0 radical (unpaired) electrons. The quantitative estimate of drug-likeness (QED) is 0.930. The van der Waals surface area contributed by atoms with Crippen LogP contribution in [0.4, 0.5) is 0 Å². The molecule has 0 spiro atoms. The van der Waals surface area contributed by atoms with E-state index >= 15 is 0 Å². The number of nitrogens with zero attached hydrogens (tertiary/aromatic N) is 2. The maximum absolute atomic E-state index is 4.49. The van der Waals surface area contributed by atoms with Crippen LogP contribution in [0.2, 0.25) is 0 Å². The molecule has 112 valence electrons. The monoisotopic (exact) mass is 283 g/mol. The van der Waals surface area contributed by atoms with Crippen molar-refractivity contribution < 1.29 is 0 Å². The summed E-state index contributed by atoms with van der Waals surface area (Å²) in [4.78, 5) is 0. The van der Waals surface area contributed by atoms with Crippen LogP contribution in [0.1, 0.15) is 53.6 Å². The lowest BCUT2D eigenvalue weighted by Crippen LogP contribution is -2.21. The highest BCUT2D eigenvalue weighted by atomic mass is 15.3. The Kier molecular flexibility index (Phi) is 4.11. The number of fused-ring (bicyclic) bond motifs is 1. The van der Waals surface area contributed by atoms with Crippen molar-refractivity contribution in [3.8, 4) is 0 Å². The lowest BCUT2D eigenvalue weighted by atomic mass is 9.79. The van der Waals surface area contributed by atoms with Gasteiger partial charge >= 0.3 is 0 Å². The second-order valence-electron chi connectivity index (χ2n) is 6.21. The first-order valence-corrected chi connectivity index (χ1v) is 7.94. The van der Waals surface area contributed by atoms with Gasteiger partial charge in [-0.2, -0.15) is 5.10 Å². The van der Waals surface area contributed by atoms with Crippen molar-refractivity contribution in [1.82, 2.24) is 15.1 Å². The molecule has 3 rings (SSSR count). The summed E-state index contributed by atoms with van der Waals surface area (Å²) in [6, 6.07) is 9.35. The molecule has 1 aromatic carbocycles. The first kappa shape index (κ1) is 14.3. The van der Waals surface area contributed by atoms with Gasteiger partial charge < -0.3 is 5.32 Å². The van der Waals surface area contributed by atoms with Crippen molar-refractivity contribution in [1.29, 1.82) is 0 Å². The minimum Gasteiger partial charge on any atom is -0.313 e. The summed E-state index contributed by atoms with van der Waals surface area (Å²) in [6.45, 7) is 2.11. The molecule has 21 heavy (non-hydrogen) atoms. The lowest BCUT2D eigenvalue weighted by molar-refractivity contribution is 0.438. The molecule has 2 atom stereocenters. The molecule has 0 bridgehead atoms. The molecular formula is C18H25N3. The molecular weight excluding hydrogens is 258 g/mol. The Balaban J connectivity index is 1.84. The molecule has 0 amide bonds. The van der Waals surface area contributed by atoms with E-state index in [2.05, 4.69) is 54.8 Å². The Morgan fingerprint density at radius 2 is 2.19 bits per heavy atom. The standard InChI is InChI=1S/C18H25N3/c1-13-17(12-21(3)20-13)18(19-2)11-15-9-6-8-14-7-4-5-10-16(14)15/h4-5,7,10,12,15,18-19H,6,8-9,11H2,1-3H3. The van der Waals surface area contributed by atoms with E-state index in [1.54, 1.807) is 11.1 Å². The highest BCUT2D eigenvalue weighted by Crippen LogP contribution is 2.37. The highest BCUT2D eigenvalue weighted by Gasteiger charge is 2.24. The average Bonchev–Trinajstić information content (AvgIpc) is 2.83. The van der Waals surface area contributed by atoms with Gasteiger partial charge in [-0.15, -0.1) is 0 Å². The summed E-state index contributed by atoms with van der Waals surface area (Å²) in [5.74, 6) is 0.659. The SMILES string of the molecule is CNC(CC1CCCc2ccccc21)c1cn(C)nc1C. The summed E-state index contributed by atoms with van der Waals surface area (Å²) in [5, 5.41) is 7.99. The van der Waals surface area contributed by atoms with E-state index in [0.29, 0.717) is 12.0 Å². The maximum Gasteiger partial charge on any atom is 0.0641 e. The van der Waals surface area contributed by atoms with Crippen LogP contribution in [-0.2, 0) is 13.5 Å². The van der Waals surface area contributed by atoms with Gasteiger partial charge in [0.2, 0.25) is 0 Å². The van der Waals surface area contributed by atoms with Crippen LogP contribution in [0, 0.1) is 6.92 Å². The average molecular weight is 283 g/mol. The van der Waals surface area contributed by atoms with Crippen LogP contribution < -0.4 is 5.32 Å². The zero-order chi connectivity index (χ0) is 14.8. The molecule has 0 saturated heterocycles. The van der Waals surface area contributed by atoms with E-state index in [-0.39, 0.29) is 0 Å². The second-order valence-corrected chi connectivity index (χ2v) is 6.21. The Bertz CT molecular complexity index is 615. The molecule has 2 aromatic rings. The number of nitrogens with one attached hydrogen (secondary N) is 1. The summed E-state index contributed by atoms with van der Waals surface area (Å²) >= 11 is 0. The van der Waals surface area contributed by atoms with Crippen molar-refractivity contribution in [3.05, 3.63) is 52.8 Å². The third kappa shape index (κ3) is 2.88. The molecule has 0 aliphatic heterocycles. The molecule has 1 N–H and O–H groups in total. The highest BCUT2D eigenvalue weighted by molar-refractivity contribution is 5.33. The topological polar surface area (TPSA) is 29.9 Å². The summed E-state index contributed by atoms with van der Waals surface area (Å²) in [5.41, 5.74) is 5.58. The molecule has 1 aliphatic carbocycles. The van der Waals surface area contributed by atoms with Crippen LogP contribution in [0.15, 0.2) is 30.5 Å². The van der Waals surface area contributed by atoms with Gasteiger partial charge in [-0.1, -0.05) is 24.3 Å².